The summed E-state index contributed by atoms with van der Waals surface area (Å²) in [5.41, 5.74) is 2.22. The van der Waals surface area contributed by atoms with Gasteiger partial charge in [0.05, 0.1) is 17.6 Å². The van der Waals surface area contributed by atoms with Crippen molar-refractivity contribution >= 4 is 22.7 Å². The number of pyridine rings is 1. The summed E-state index contributed by atoms with van der Waals surface area (Å²) in [5, 5.41) is 3.55. The molecule has 0 bridgehead atoms. The van der Waals surface area contributed by atoms with E-state index in [9.17, 15) is 9.59 Å². The molecule has 2 aromatic rings. The number of aromatic nitrogens is 1. The van der Waals surface area contributed by atoms with E-state index in [1.54, 1.807) is 11.0 Å². The van der Waals surface area contributed by atoms with Crippen LogP contribution in [0.15, 0.2) is 30.3 Å². The van der Waals surface area contributed by atoms with Crippen LogP contribution in [-0.4, -0.2) is 41.3 Å². The first-order valence-corrected chi connectivity index (χ1v) is 6.57. The van der Waals surface area contributed by atoms with E-state index in [-0.39, 0.29) is 18.4 Å². The number of benzene rings is 1. The normalized spacial score (nSPS) is 15.2. The highest BCUT2D eigenvalue weighted by atomic mass is 16.2. The number of rotatable bonds is 1. The fraction of sp³-hybridized carbons (Fsp3) is 0.267. The van der Waals surface area contributed by atoms with Crippen molar-refractivity contribution in [1.29, 1.82) is 0 Å². The van der Waals surface area contributed by atoms with Crippen LogP contribution in [-0.2, 0) is 4.79 Å². The molecule has 0 unspecified atom stereocenters. The fourth-order valence-electron chi connectivity index (χ4n) is 2.47. The number of piperazine rings is 1. The first-order valence-electron chi connectivity index (χ1n) is 6.57. The third-order valence-corrected chi connectivity index (χ3v) is 3.40. The quantitative estimate of drug-likeness (QED) is 0.843. The van der Waals surface area contributed by atoms with Gasteiger partial charge in [0, 0.05) is 24.2 Å². The lowest BCUT2D eigenvalue weighted by molar-refractivity contribution is -0.123. The van der Waals surface area contributed by atoms with Crippen molar-refractivity contribution in [2.45, 2.75) is 6.92 Å². The SMILES string of the molecule is Cc1cc(C(=O)N2CCNC(=O)C2)c2ccccc2n1. The molecule has 1 aliphatic rings. The van der Waals surface area contributed by atoms with Crippen molar-refractivity contribution in [2.24, 2.45) is 0 Å². The predicted octanol–water partition coefficient (Wildman–Crippen LogP) is 1.12. The average molecular weight is 269 g/mol. The van der Waals surface area contributed by atoms with E-state index in [1.807, 2.05) is 31.2 Å². The number of nitrogens with zero attached hydrogens (tertiary/aromatic N) is 2. The van der Waals surface area contributed by atoms with E-state index < -0.39 is 0 Å². The maximum Gasteiger partial charge on any atom is 0.255 e. The van der Waals surface area contributed by atoms with Gasteiger partial charge in [0.2, 0.25) is 5.91 Å². The van der Waals surface area contributed by atoms with E-state index in [2.05, 4.69) is 10.3 Å². The molecule has 1 saturated heterocycles. The molecule has 5 heteroatoms. The number of nitrogens with one attached hydrogen (secondary N) is 1. The highest BCUT2D eigenvalue weighted by molar-refractivity contribution is 6.07. The molecule has 20 heavy (non-hydrogen) atoms. The highest BCUT2D eigenvalue weighted by Gasteiger charge is 2.23. The Morgan fingerprint density at radius 3 is 2.95 bits per heavy atom. The van der Waals surface area contributed by atoms with Crippen molar-refractivity contribution in [2.75, 3.05) is 19.6 Å². The first-order chi connectivity index (χ1) is 9.65. The molecule has 5 nitrogen and oxygen atoms in total. The van der Waals surface area contributed by atoms with Gasteiger partial charge in [-0.15, -0.1) is 0 Å². The lowest BCUT2D eigenvalue weighted by Crippen LogP contribution is -2.50. The lowest BCUT2D eigenvalue weighted by atomic mass is 10.1. The van der Waals surface area contributed by atoms with Crippen LogP contribution in [0.2, 0.25) is 0 Å². The number of para-hydroxylation sites is 1. The predicted molar refractivity (Wildman–Crippen MR) is 75.4 cm³/mol. The van der Waals surface area contributed by atoms with Crippen LogP contribution in [0.5, 0.6) is 0 Å². The smallest absolute Gasteiger partial charge is 0.255 e. The van der Waals surface area contributed by atoms with Gasteiger partial charge in [-0.25, -0.2) is 0 Å². The molecule has 1 aromatic carbocycles. The summed E-state index contributed by atoms with van der Waals surface area (Å²) in [5.74, 6) is -0.221. The Balaban J connectivity index is 2.04. The van der Waals surface area contributed by atoms with Crippen LogP contribution in [0.25, 0.3) is 10.9 Å². The molecule has 2 heterocycles. The minimum absolute atomic E-state index is 0.110. The van der Waals surface area contributed by atoms with Gasteiger partial charge in [0.25, 0.3) is 5.91 Å². The van der Waals surface area contributed by atoms with E-state index in [1.165, 1.54) is 0 Å². The first kappa shape index (κ1) is 12.6. The monoisotopic (exact) mass is 269 g/mol. The Morgan fingerprint density at radius 1 is 1.35 bits per heavy atom. The minimum Gasteiger partial charge on any atom is -0.353 e. The number of fused-ring (bicyclic) bond motifs is 1. The van der Waals surface area contributed by atoms with Gasteiger partial charge in [0.15, 0.2) is 0 Å². The second-order valence-corrected chi connectivity index (χ2v) is 4.91. The van der Waals surface area contributed by atoms with Gasteiger partial charge in [-0.2, -0.15) is 0 Å². The van der Waals surface area contributed by atoms with Crippen LogP contribution in [0.4, 0.5) is 0 Å². The van der Waals surface area contributed by atoms with Crippen LogP contribution in [0.1, 0.15) is 16.1 Å². The maximum atomic E-state index is 12.6. The minimum atomic E-state index is -0.111. The molecule has 0 saturated carbocycles. The molecule has 1 aromatic heterocycles. The standard InChI is InChI=1S/C15H15N3O2/c1-10-8-12(11-4-2-3-5-13(11)17-10)15(20)18-7-6-16-14(19)9-18/h2-5,8H,6-7,9H2,1H3,(H,16,19). The summed E-state index contributed by atoms with van der Waals surface area (Å²) >= 11 is 0. The van der Waals surface area contributed by atoms with Crippen LogP contribution < -0.4 is 5.32 Å². The second kappa shape index (κ2) is 4.92. The molecule has 3 rings (SSSR count). The van der Waals surface area contributed by atoms with Crippen molar-refractivity contribution in [1.82, 2.24) is 15.2 Å². The zero-order chi connectivity index (χ0) is 14.1. The number of carbonyl (C=O) groups excluding carboxylic acids is 2. The number of hydrogen-bond donors (Lipinski definition) is 1. The molecule has 102 valence electrons. The largest absolute Gasteiger partial charge is 0.353 e. The van der Waals surface area contributed by atoms with Gasteiger partial charge in [-0.1, -0.05) is 18.2 Å². The lowest BCUT2D eigenvalue weighted by Gasteiger charge is -2.27. The van der Waals surface area contributed by atoms with Gasteiger partial charge < -0.3 is 10.2 Å². The van der Waals surface area contributed by atoms with E-state index in [0.717, 1.165) is 16.6 Å². The topological polar surface area (TPSA) is 62.3 Å². The highest BCUT2D eigenvalue weighted by Crippen LogP contribution is 2.20. The summed E-state index contributed by atoms with van der Waals surface area (Å²) in [6.07, 6.45) is 0. The van der Waals surface area contributed by atoms with Crippen LogP contribution in [0, 0.1) is 6.92 Å². The maximum absolute atomic E-state index is 12.6. The van der Waals surface area contributed by atoms with Gasteiger partial charge >= 0.3 is 0 Å². The molecule has 0 radical (unpaired) electrons. The van der Waals surface area contributed by atoms with Crippen LogP contribution >= 0.6 is 0 Å². The summed E-state index contributed by atoms with van der Waals surface area (Å²) in [6.45, 7) is 3.04. The molecule has 1 N–H and O–H groups in total. The summed E-state index contributed by atoms with van der Waals surface area (Å²) < 4.78 is 0. The Hall–Kier alpha value is -2.43. The zero-order valence-corrected chi connectivity index (χ0v) is 11.2. The Morgan fingerprint density at radius 2 is 2.15 bits per heavy atom. The fourth-order valence-corrected chi connectivity index (χ4v) is 2.47. The van der Waals surface area contributed by atoms with Crippen molar-refractivity contribution in [3.63, 3.8) is 0 Å². The third-order valence-electron chi connectivity index (χ3n) is 3.40. The number of aryl methyl sites for hydroxylation is 1. The van der Waals surface area contributed by atoms with Crippen molar-refractivity contribution in [3.05, 3.63) is 41.6 Å². The van der Waals surface area contributed by atoms with Crippen molar-refractivity contribution in [3.8, 4) is 0 Å². The average Bonchev–Trinajstić information content (AvgIpc) is 2.45. The summed E-state index contributed by atoms with van der Waals surface area (Å²) in [6, 6.07) is 9.36. The van der Waals surface area contributed by atoms with Crippen molar-refractivity contribution < 1.29 is 9.59 Å². The Labute approximate surface area is 116 Å². The third kappa shape index (κ3) is 2.22. The number of carbonyl (C=O) groups is 2. The van der Waals surface area contributed by atoms with E-state index in [0.29, 0.717) is 18.7 Å². The molecule has 1 aliphatic heterocycles. The second-order valence-electron chi connectivity index (χ2n) is 4.91. The van der Waals surface area contributed by atoms with E-state index >= 15 is 0 Å². The zero-order valence-electron chi connectivity index (χ0n) is 11.2. The van der Waals surface area contributed by atoms with Crippen LogP contribution in [0.3, 0.4) is 0 Å². The summed E-state index contributed by atoms with van der Waals surface area (Å²) in [4.78, 5) is 30.1. The molecule has 0 spiro atoms. The van der Waals surface area contributed by atoms with E-state index in [4.69, 9.17) is 0 Å². The Kier molecular flexibility index (Phi) is 3.10. The Bertz CT molecular complexity index is 697. The van der Waals surface area contributed by atoms with Gasteiger partial charge in [0.1, 0.15) is 0 Å². The van der Waals surface area contributed by atoms with Gasteiger partial charge in [-0.05, 0) is 19.1 Å². The molecule has 2 amide bonds. The molecule has 0 aliphatic carbocycles. The summed E-state index contributed by atoms with van der Waals surface area (Å²) in [7, 11) is 0. The number of hydrogen-bond acceptors (Lipinski definition) is 3. The molecule has 0 atom stereocenters. The molecular formula is C15H15N3O2. The van der Waals surface area contributed by atoms with Gasteiger partial charge in [-0.3, -0.25) is 14.6 Å². The number of amides is 2. The molecular weight excluding hydrogens is 254 g/mol. The molecule has 1 fully saturated rings.